The number of hydrogen-bond acceptors (Lipinski definition) is 3. The molecule has 84 valence electrons. The molecule has 0 saturated carbocycles. The second kappa shape index (κ2) is 5.19. The van der Waals surface area contributed by atoms with E-state index in [0.717, 1.165) is 0 Å². The smallest absolute Gasteiger partial charge is 0.307 e. The molecule has 1 N–H and O–H groups in total. The average Bonchev–Trinajstić information content (AvgIpc) is 2.22. The fraction of sp³-hybridized carbons (Fsp3) is 0.200. The molecular weight excluding hydrogens is 220 g/mol. The van der Waals surface area contributed by atoms with Gasteiger partial charge in [0.05, 0.1) is 23.2 Å². The number of nitro groups is 1. The molecule has 0 aliphatic heterocycles. The Bertz CT molecular complexity index is 477. The van der Waals surface area contributed by atoms with E-state index in [1.54, 1.807) is 0 Å². The number of aliphatic hydroxyl groups is 1. The fourth-order valence-electron chi connectivity index (χ4n) is 0.986. The predicted octanol–water partition coefficient (Wildman–Crippen LogP) is 1.61. The number of nitrogens with zero attached hydrogens (tertiary/aromatic N) is 1. The molecule has 1 aromatic rings. The van der Waals surface area contributed by atoms with Gasteiger partial charge in [-0.1, -0.05) is 11.8 Å². The lowest BCUT2D eigenvalue weighted by molar-refractivity contribution is -0.387. The van der Waals surface area contributed by atoms with Crippen molar-refractivity contribution in [3.8, 4) is 11.8 Å². The lowest BCUT2D eigenvalue weighted by Crippen LogP contribution is -1.96. The van der Waals surface area contributed by atoms with Gasteiger partial charge in [-0.3, -0.25) is 10.1 Å². The van der Waals surface area contributed by atoms with E-state index in [-0.39, 0.29) is 18.6 Å². The Labute approximate surface area is 89.7 Å². The highest BCUT2D eigenvalue weighted by Gasteiger charge is 2.17. The first-order valence-electron chi connectivity index (χ1n) is 4.29. The summed E-state index contributed by atoms with van der Waals surface area (Å²) >= 11 is 0. The number of halogens is 2. The zero-order valence-corrected chi connectivity index (χ0v) is 8.04. The van der Waals surface area contributed by atoms with Gasteiger partial charge in [0.25, 0.3) is 0 Å². The van der Waals surface area contributed by atoms with Gasteiger partial charge in [-0.25, -0.2) is 4.39 Å². The molecule has 0 atom stereocenters. The molecule has 0 heterocycles. The maximum absolute atomic E-state index is 13.2. The topological polar surface area (TPSA) is 63.4 Å². The zero-order valence-electron chi connectivity index (χ0n) is 8.04. The van der Waals surface area contributed by atoms with Gasteiger partial charge in [0.1, 0.15) is 5.82 Å². The molecule has 0 unspecified atom stereocenters. The molecule has 0 aliphatic rings. The summed E-state index contributed by atoms with van der Waals surface area (Å²) in [5.41, 5.74) is -1.19. The number of aliphatic hydroxyl groups excluding tert-OH is 1. The lowest BCUT2D eigenvalue weighted by atomic mass is 10.2. The Morgan fingerprint density at radius 2 is 2.06 bits per heavy atom. The van der Waals surface area contributed by atoms with Crippen LogP contribution in [0.1, 0.15) is 12.0 Å². The van der Waals surface area contributed by atoms with E-state index in [4.69, 9.17) is 5.11 Å². The van der Waals surface area contributed by atoms with Crippen LogP contribution in [0.15, 0.2) is 12.1 Å². The fourth-order valence-corrected chi connectivity index (χ4v) is 0.986. The molecule has 4 nitrogen and oxygen atoms in total. The molecular formula is C10H7F2NO3. The molecule has 0 amide bonds. The minimum Gasteiger partial charge on any atom is -0.395 e. The molecule has 1 rings (SSSR count). The zero-order chi connectivity index (χ0) is 12.1. The third-order valence-electron chi connectivity index (χ3n) is 1.69. The van der Waals surface area contributed by atoms with E-state index in [2.05, 4.69) is 11.8 Å². The van der Waals surface area contributed by atoms with Crippen LogP contribution in [0.3, 0.4) is 0 Å². The van der Waals surface area contributed by atoms with Gasteiger partial charge in [0, 0.05) is 6.42 Å². The second-order valence-corrected chi connectivity index (χ2v) is 2.82. The highest BCUT2D eigenvalue weighted by Crippen LogP contribution is 2.20. The Hall–Kier alpha value is -2.00. The first-order chi connectivity index (χ1) is 7.56. The summed E-state index contributed by atoms with van der Waals surface area (Å²) in [6, 6.07) is 1.15. The van der Waals surface area contributed by atoms with E-state index in [1.165, 1.54) is 0 Å². The maximum Gasteiger partial charge on any atom is 0.307 e. The SMILES string of the molecule is O=[N+]([O-])c1cc(F)c(C#CCCO)cc1F. The van der Waals surface area contributed by atoms with Crippen molar-refractivity contribution in [1.82, 2.24) is 0 Å². The van der Waals surface area contributed by atoms with Gasteiger partial charge in [-0.2, -0.15) is 4.39 Å². The summed E-state index contributed by atoms with van der Waals surface area (Å²) in [5.74, 6) is 2.57. The molecule has 0 aliphatic carbocycles. The van der Waals surface area contributed by atoms with Gasteiger partial charge < -0.3 is 5.11 Å². The standard InChI is InChI=1S/C10H7F2NO3/c11-8-6-10(13(15)16)9(12)5-7(8)3-1-2-4-14/h5-6,14H,2,4H2. The van der Waals surface area contributed by atoms with Gasteiger partial charge in [0.2, 0.25) is 5.82 Å². The molecule has 0 spiro atoms. The van der Waals surface area contributed by atoms with Gasteiger partial charge in [-0.15, -0.1) is 0 Å². The van der Waals surface area contributed by atoms with Crippen LogP contribution in [0.2, 0.25) is 0 Å². The highest BCUT2D eigenvalue weighted by atomic mass is 19.1. The summed E-state index contributed by atoms with van der Waals surface area (Å²) < 4.78 is 26.2. The van der Waals surface area contributed by atoms with Crippen molar-refractivity contribution in [3.63, 3.8) is 0 Å². The van der Waals surface area contributed by atoms with E-state index >= 15 is 0 Å². The molecule has 6 heteroatoms. The minimum absolute atomic E-state index is 0.123. The van der Waals surface area contributed by atoms with E-state index in [0.29, 0.717) is 12.1 Å². The third-order valence-corrected chi connectivity index (χ3v) is 1.69. The monoisotopic (exact) mass is 227 g/mol. The highest BCUT2D eigenvalue weighted by molar-refractivity contribution is 5.43. The summed E-state index contributed by atoms with van der Waals surface area (Å²) in [6.07, 6.45) is 0.123. The van der Waals surface area contributed by atoms with Gasteiger partial charge in [0.15, 0.2) is 0 Å². The predicted molar refractivity (Wildman–Crippen MR) is 51.6 cm³/mol. The van der Waals surface area contributed by atoms with Crippen molar-refractivity contribution in [2.75, 3.05) is 6.61 Å². The number of hydrogen-bond donors (Lipinski definition) is 1. The number of benzene rings is 1. The second-order valence-electron chi connectivity index (χ2n) is 2.82. The van der Waals surface area contributed by atoms with Crippen LogP contribution >= 0.6 is 0 Å². The van der Waals surface area contributed by atoms with E-state index in [1.807, 2.05) is 0 Å². The van der Waals surface area contributed by atoms with Crippen molar-refractivity contribution in [2.45, 2.75) is 6.42 Å². The normalized spacial score (nSPS) is 9.44. The summed E-state index contributed by atoms with van der Waals surface area (Å²) in [6.45, 7) is -0.190. The molecule has 0 aromatic heterocycles. The summed E-state index contributed by atoms with van der Waals surface area (Å²) in [4.78, 5) is 9.26. The summed E-state index contributed by atoms with van der Waals surface area (Å²) in [7, 11) is 0. The quantitative estimate of drug-likeness (QED) is 0.474. The average molecular weight is 227 g/mol. The van der Waals surface area contributed by atoms with Crippen LogP contribution in [0, 0.1) is 33.6 Å². The Morgan fingerprint density at radius 3 is 2.62 bits per heavy atom. The van der Waals surface area contributed by atoms with Crippen molar-refractivity contribution in [1.29, 1.82) is 0 Å². The van der Waals surface area contributed by atoms with Gasteiger partial charge in [-0.05, 0) is 6.07 Å². The Morgan fingerprint density at radius 1 is 1.38 bits per heavy atom. The van der Waals surface area contributed by atoms with Crippen LogP contribution in [0.4, 0.5) is 14.5 Å². The van der Waals surface area contributed by atoms with Crippen LogP contribution in [0.25, 0.3) is 0 Å². The van der Waals surface area contributed by atoms with Crippen LogP contribution < -0.4 is 0 Å². The van der Waals surface area contributed by atoms with E-state index in [9.17, 15) is 18.9 Å². The van der Waals surface area contributed by atoms with E-state index < -0.39 is 22.2 Å². The third kappa shape index (κ3) is 2.74. The van der Waals surface area contributed by atoms with Gasteiger partial charge >= 0.3 is 5.69 Å². The van der Waals surface area contributed by atoms with Crippen molar-refractivity contribution < 1.29 is 18.8 Å². The molecule has 0 fully saturated rings. The lowest BCUT2D eigenvalue weighted by Gasteiger charge is -1.96. The Kier molecular flexibility index (Phi) is 3.91. The van der Waals surface area contributed by atoms with Crippen molar-refractivity contribution >= 4 is 5.69 Å². The molecule has 16 heavy (non-hydrogen) atoms. The largest absolute Gasteiger partial charge is 0.395 e. The van der Waals surface area contributed by atoms with Crippen molar-refractivity contribution in [2.24, 2.45) is 0 Å². The first kappa shape index (κ1) is 12.1. The van der Waals surface area contributed by atoms with Crippen LogP contribution in [0.5, 0.6) is 0 Å². The molecule has 0 radical (unpaired) electrons. The minimum atomic E-state index is -1.14. The Balaban J connectivity index is 3.12. The van der Waals surface area contributed by atoms with Crippen LogP contribution in [-0.4, -0.2) is 16.6 Å². The molecule has 0 saturated heterocycles. The molecule has 0 bridgehead atoms. The van der Waals surface area contributed by atoms with Crippen LogP contribution in [-0.2, 0) is 0 Å². The number of rotatable bonds is 2. The van der Waals surface area contributed by atoms with Crippen molar-refractivity contribution in [3.05, 3.63) is 39.4 Å². The first-order valence-corrected chi connectivity index (χ1v) is 4.29. The maximum atomic E-state index is 13.2. The molecule has 1 aromatic carbocycles. The summed E-state index contributed by atoms with van der Waals surface area (Å²) in [5, 5.41) is 18.7. The number of nitro benzene ring substituents is 1.